The van der Waals surface area contributed by atoms with Crippen LogP contribution >= 0.6 is 0 Å². The fourth-order valence-corrected chi connectivity index (χ4v) is 2.60. The summed E-state index contributed by atoms with van der Waals surface area (Å²) in [5, 5.41) is 14.0. The van der Waals surface area contributed by atoms with Crippen LogP contribution in [0.1, 0.15) is 0 Å². The molecule has 0 amide bonds. The molecule has 0 atom stereocenters. The van der Waals surface area contributed by atoms with Crippen LogP contribution in [-0.4, -0.2) is 48.0 Å². The molecule has 1 aromatic carbocycles. The summed E-state index contributed by atoms with van der Waals surface area (Å²) in [6, 6.07) is 10.9. The third kappa shape index (κ3) is 3.57. The van der Waals surface area contributed by atoms with Gasteiger partial charge in [-0.25, -0.2) is 4.98 Å². The molecule has 1 fully saturated rings. The molecule has 2 aromatic rings. The van der Waals surface area contributed by atoms with Crippen molar-refractivity contribution < 1.29 is 4.92 Å². The van der Waals surface area contributed by atoms with Crippen molar-refractivity contribution in [3.63, 3.8) is 0 Å². The number of hydrogen-bond donors (Lipinski definition) is 1. The van der Waals surface area contributed by atoms with Crippen LogP contribution in [0, 0.1) is 10.1 Å². The zero-order valence-corrected chi connectivity index (χ0v) is 13.0. The smallest absolute Gasteiger partial charge is 0.311 e. The number of nitrogens with zero attached hydrogens (tertiary/aromatic N) is 4. The van der Waals surface area contributed by atoms with Gasteiger partial charge in [0.15, 0.2) is 0 Å². The maximum Gasteiger partial charge on any atom is 0.311 e. The second kappa shape index (κ2) is 6.62. The maximum atomic E-state index is 11.0. The molecule has 7 heteroatoms. The first-order valence-corrected chi connectivity index (χ1v) is 7.53. The highest BCUT2D eigenvalue weighted by atomic mass is 16.6. The standard InChI is InChI=1S/C16H19N5O2/c1-19-9-11-20(12-10-19)14-6-4-13(5-7-14)18-16-15(21(22)23)3-2-8-17-16/h2-8H,9-12H2,1H3,(H,17,18). The van der Waals surface area contributed by atoms with E-state index < -0.39 is 4.92 Å². The van der Waals surface area contributed by atoms with E-state index in [4.69, 9.17) is 0 Å². The first kappa shape index (κ1) is 15.2. The van der Waals surface area contributed by atoms with E-state index in [9.17, 15) is 10.1 Å². The molecule has 0 unspecified atom stereocenters. The minimum atomic E-state index is -0.437. The van der Waals surface area contributed by atoms with Gasteiger partial charge in [-0.05, 0) is 37.4 Å². The van der Waals surface area contributed by atoms with Crippen LogP contribution in [0.2, 0.25) is 0 Å². The lowest BCUT2D eigenvalue weighted by Gasteiger charge is -2.34. The van der Waals surface area contributed by atoms with E-state index >= 15 is 0 Å². The number of piperazine rings is 1. The van der Waals surface area contributed by atoms with Gasteiger partial charge in [-0.15, -0.1) is 0 Å². The van der Waals surface area contributed by atoms with Gasteiger partial charge in [-0.2, -0.15) is 0 Å². The van der Waals surface area contributed by atoms with Crippen molar-refractivity contribution in [1.82, 2.24) is 9.88 Å². The van der Waals surface area contributed by atoms with Crippen LogP contribution in [0.25, 0.3) is 0 Å². The van der Waals surface area contributed by atoms with Crippen molar-refractivity contribution in [3.8, 4) is 0 Å². The molecule has 1 aromatic heterocycles. The van der Waals surface area contributed by atoms with Gasteiger partial charge in [0.05, 0.1) is 4.92 Å². The zero-order chi connectivity index (χ0) is 16.2. The lowest BCUT2D eigenvalue weighted by molar-refractivity contribution is -0.384. The molecule has 0 saturated carbocycles. The van der Waals surface area contributed by atoms with Crippen LogP contribution in [0.15, 0.2) is 42.6 Å². The monoisotopic (exact) mass is 313 g/mol. The Bertz CT molecular complexity index is 681. The molecule has 1 saturated heterocycles. The van der Waals surface area contributed by atoms with Crippen LogP contribution in [-0.2, 0) is 0 Å². The van der Waals surface area contributed by atoms with E-state index in [0.717, 1.165) is 31.9 Å². The van der Waals surface area contributed by atoms with Crippen molar-refractivity contribution in [2.45, 2.75) is 0 Å². The summed E-state index contributed by atoms with van der Waals surface area (Å²) >= 11 is 0. The van der Waals surface area contributed by atoms with Crippen LogP contribution in [0.5, 0.6) is 0 Å². The van der Waals surface area contributed by atoms with Gasteiger partial charge in [0.1, 0.15) is 0 Å². The Morgan fingerprint density at radius 1 is 1.13 bits per heavy atom. The summed E-state index contributed by atoms with van der Waals surface area (Å²) < 4.78 is 0. The lowest BCUT2D eigenvalue weighted by atomic mass is 10.2. The number of benzene rings is 1. The predicted octanol–water partition coefficient (Wildman–Crippen LogP) is 2.49. The molecule has 1 N–H and O–H groups in total. The summed E-state index contributed by atoms with van der Waals surface area (Å²) in [5.74, 6) is 0.254. The largest absolute Gasteiger partial charge is 0.369 e. The molecule has 2 heterocycles. The normalized spacial score (nSPS) is 15.4. The molecule has 23 heavy (non-hydrogen) atoms. The number of likely N-dealkylation sites (N-methyl/N-ethyl adjacent to an activating group) is 1. The van der Waals surface area contributed by atoms with Gasteiger partial charge in [-0.1, -0.05) is 0 Å². The second-order valence-electron chi connectivity index (χ2n) is 5.59. The number of pyridine rings is 1. The van der Waals surface area contributed by atoms with Crippen molar-refractivity contribution >= 4 is 22.9 Å². The number of anilines is 3. The van der Waals surface area contributed by atoms with Gasteiger partial charge >= 0.3 is 5.69 Å². The van der Waals surface area contributed by atoms with Crippen molar-refractivity contribution in [2.75, 3.05) is 43.4 Å². The van der Waals surface area contributed by atoms with E-state index in [2.05, 4.69) is 27.1 Å². The Hall–Kier alpha value is -2.67. The predicted molar refractivity (Wildman–Crippen MR) is 90.3 cm³/mol. The van der Waals surface area contributed by atoms with Gasteiger partial charge < -0.3 is 15.1 Å². The van der Waals surface area contributed by atoms with Crippen molar-refractivity contribution in [2.24, 2.45) is 0 Å². The highest BCUT2D eigenvalue weighted by Gasteiger charge is 2.16. The average Bonchev–Trinajstić information content (AvgIpc) is 2.57. The van der Waals surface area contributed by atoms with Crippen LogP contribution in [0.4, 0.5) is 22.9 Å². The van der Waals surface area contributed by atoms with Gasteiger partial charge in [0, 0.05) is 49.8 Å². The SMILES string of the molecule is CN1CCN(c2ccc(Nc3ncccc3[N+](=O)[O-])cc2)CC1. The minimum absolute atomic E-state index is 0.0318. The number of rotatable bonds is 4. The van der Waals surface area contributed by atoms with E-state index in [1.165, 1.54) is 18.0 Å². The molecule has 7 nitrogen and oxygen atoms in total. The Kier molecular flexibility index (Phi) is 4.38. The molecular formula is C16H19N5O2. The Morgan fingerprint density at radius 2 is 1.83 bits per heavy atom. The number of aromatic nitrogens is 1. The Labute approximate surface area is 134 Å². The number of hydrogen-bond acceptors (Lipinski definition) is 6. The molecule has 0 spiro atoms. The van der Waals surface area contributed by atoms with Crippen molar-refractivity contribution in [3.05, 3.63) is 52.7 Å². The third-order valence-corrected chi connectivity index (χ3v) is 3.98. The number of nitro groups is 1. The first-order chi connectivity index (χ1) is 11.1. The molecule has 1 aliphatic heterocycles. The molecule has 1 aliphatic rings. The van der Waals surface area contributed by atoms with Crippen LogP contribution in [0.3, 0.4) is 0 Å². The number of nitrogens with one attached hydrogen (secondary N) is 1. The summed E-state index contributed by atoms with van der Waals surface area (Å²) in [5.41, 5.74) is 1.92. The first-order valence-electron chi connectivity index (χ1n) is 7.53. The highest BCUT2D eigenvalue weighted by molar-refractivity contribution is 5.66. The summed E-state index contributed by atoms with van der Waals surface area (Å²) in [6.07, 6.45) is 1.54. The second-order valence-corrected chi connectivity index (χ2v) is 5.59. The topological polar surface area (TPSA) is 74.5 Å². The van der Waals surface area contributed by atoms with E-state index in [-0.39, 0.29) is 11.5 Å². The van der Waals surface area contributed by atoms with Gasteiger partial charge in [-0.3, -0.25) is 10.1 Å². The minimum Gasteiger partial charge on any atom is -0.369 e. The molecule has 0 aliphatic carbocycles. The van der Waals surface area contributed by atoms with E-state index in [1.807, 2.05) is 24.3 Å². The third-order valence-electron chi connectivity index (χ3n) is 3.98. The highest BCUT2D eigenvalue weighted by Crippen LogP contribution is 2.26. The summed E-state index contributed by atoms with van der Waals surface area (Å²) in [7, 11) is 2.13. The van der Waals surface area contributed by atoms with Crippen molar-refractivity contribution in [1.29, 1.82) is 0 Å². The summed E-state index contributed by atoms with van der Waals surface area (Å²) in [6.45, 7) is 4.13. The fraction of sp³-hybridized carbons (Fsp3) is 0.312. The molecular weight excluding hydrogens is 294 g/mol. The molecule has 0 radical (unpaired) electrons. The van der Waals surface area contributed by atoms with Crippen LogP contribution < -0.4 is 10.2 Å². The molecule has 120 valence electrons. The maximum absolute atomic E-state index is 11.0. The summed E-state index contributed by atoms with van der Waals surface area (Å²) in [4.78, 5) is 19.3. The fourth-order valence-electron chi connectivity index (χ4n) is 2.60. The van der Waals surface area contributed by atoms with Gasteiger partial charge in [0.2, 0.25) is 5.82 Å². The Balaban J connectivity index is 1.72. The van der Waals surface area contributed by atoms with E-state index in [0.29, 0.717) is 0 Å². The lowest BCUT2D eigenvalue weighted by Crippen LogP contribution is -2.44. The Morgan fingerprint density at radius 3 is 2.48 bits per heavy atom. The average molecular weight is 313 g/mol. The van der Waals surface area contributed by atoms with Gasteiger partial charge in [0.25, 0.3) is 0 Å². The quantitative estimate of drug-likeness (QED) is 0.690. The molecule has 3 rings (SSSR count). The zero-order valence-electron chi connectivity index (χ0n) is 13.0. The van der Waals surface area contributed by atoms with E-state index in [1.54, 1.807) is 6.07 Å². The molecule has 0 bridgehead atoms.